The highest BCUT2D eigenvalue weighted by atomic mass is 16.5. The maximum atomic E-state index is 13.6. The number of fused-ring (bicyclic) bond motifs is 1. The molecule has 0 saturated heterocycles. The molecule has 7 nitrogen and oxygen atoms in total. The number of pyridine rings is 1. The molecule has 6 rings (SSSR count). The molecule has 7 heteroatoms. The van der Waals surface area contributed by atoms with Crippen molar-refractivity contribution in [2.45, 2.75) is 121 Å². The maximum absolute atomic E-state index is 13.6. The third-order valence-corrected chi connectivity index (χ3v) is 10.2. The predicted molar refractivity (Wildman–Crippen MR) is 182 cm³/mol. The molecule has 2 fully saturated rings. The fourth-order valence-electron chi connectivity index (χ4n) is 7.86. The number of hydrogen-bond donors (Lipinski definition) is 3. The normalized spacial score (nSPS) is 20.7. The summed E-state index contributed by atoms with van der Waals surface area (Å²) in [7, 11) is 0. The quantitative estimate of drug-likeness (QED) is 0.234. The molecule has 1 spiro atoms. The summed E-state index contributed by atoms with van der Waals surface area (Å²) in [5.74, 6) is 0.671. The first-order valence-electron chi connectivity index (χ1n) is 17.4. The van der Waals surface area contributed by atoms with Crippen LogP contribution in [0, 0.1) is 5.41 Å². The topological polar surface area (TPSA) is 92.6 Å². The molecule has 2 saturated carbocycles. The summed E-state index contributed by atoms with van der Waals surface area (Å²) >= 11 is 0. The first-order chi connectivity index (χ1) is 22.1. The number of amides is 1. The van der Waals surface area contributed by atoms with Gasteiger partial charge in [0.25, 0.3) is 11.5 Å². The molecule has 0 bridgehead atoms. The van der Waals surface area contributed by atoms with Crippen LogP contribution in [0.5, 0.6) is 5.75 Å². The van der Waals surface area contributed by atoms with Crippen molar-refractivity contribution in [2.75, 3.05) is 6.54 Å². The van der Waals surface area contributed by atoms with Gasteiger partial charge in [-0.3, -0.25) is 9.59 Å². The third kappa shape index (κ3) is 7.75. The van der Waals surface area contributed by atoms with Gasteiger partial charge in [0.15, 0.2) is 0 Å². The lowest BCUT2D eigenvalue weighted by Crippen LogP contribution is -2.50. The minimum Gasteiger partial charge on any atom is -0.487 e. The van der Waals surface area contributed by atoms with Crippen molar-refractivity contribution in [3.8, 4) is 5.75 Å². The Balaban J connectivity index is 1.21. The van der Waals surface area contributed by atoms with E-state index in [1.807, 2.05) is 30.3 Å². The third-order valence-electron chi connectivity index (χ3n) is 10.2. The molecule has 246 valence electrons. The van der Waals surface area contributed by atoms with Crippen LogP contribution in [0.2, 0.25) is 0 Å². The number of nitrogens with zero attached hydrogens (tertiary/aromatic N) is 1. The number of aliphatic hydroxyl groups excluding tert-OH is 1. The minimum absolute atomic E-state index is 0.0412. The van der Waals surface area contributed by atoms with Gasteiger partial charge < -0.3 is 25.0 Å². The lowest BCUT2D eigenvalue weighted by Gasteiger charge is -2.41. The highest BCUT2D eigenvalue weighted by Gasteiger charge is 2.43. The minimum atomic E-state index is -0.839. The molecule has 1 aliphatic heterocycles. The van der Waals surface area contributed by atoms with Gasteiger partial charge in [0, 0.05) is 42.9 Å². The Bertz CT molecular complexity index is 1550. The van der Waals surface area contributed by atoms with Gasteiger partial charge in [0.05, 0.1) is 17.7 Å². The first-order valence-corrected chi connectivity index (χ1v) is 17.4. The van der Waals surface area contributed by atoms with Gasteiger partial charge in [-0.15, -0.1) is 0 Å². The summed E-state index contributed by atoms with van der Waals surface area (Å²) in [6.45, 7) is 7.09. The second-order valence-electron chi connectivity index (χ2n) is 15.2. The molecule has 0 radical (unpaired) electrons. The van der Waals surface area contributed by atoms with Crippen LogP contribution in [0.4, 0.5) is 0 Å². The molecule has 0 unspecified atom stereocenters. The molecule has 2 aromatic carbocycles. The van der Waals surface area contributed by atoms with E-state index in [0.717, 1.165) is 68.2 Å². The van der Waals surface area contributed by atoms with Crippen LogP contribution in [-0.2, 0) is 12.8 Å². The SMILES string of the molecule is CC(C)(C)Cc1ccc2c(c1)[C@@H](NC[C@@H](O)[C@H](Cc1ccccc1)NC(=O)c1ccc(=O)n(C3CCCC3)c1)CC1(CCCC1)O2. The molecule has 3 aromatic rings. The zero-order chi connectivity index (χ0) is 32.3. The molecular formula is C39H51N3O4. The van der Waals surface area contributed by atoms with Crippen molar-refractivity contribution in [2.24, 2.45) is 5.41 Å². The second kappa shape index (κ2) is 13.7. The van der Waals surface area contributed by atoms with E-state index in [4.69, 9.17) is 4.74 Å². The van der Waals surface area contributed by atoms with Crippen LogP contribution >= 0.6 is 0 Å². The Morgan fingerprint density at radius 3 is 2.46 bits per heavy atom. The number of rotatable bonds is 10. The van der Waals surface area contributed by atoms with Crippen molar-refractivity contribution in [3.05, 3.63) is 99.5 Å². The average Bonchev–Trinajstić information content (AvgIpc) is 3.72. The van der Waals surface area contributed by atoms with Crippen LogP contribution in [0.15, 0.2) is 71.7 Å². The summed E-state index contributed by atoms with van der Waals surface area (Å²) in [4.78, 5) is 26.3. The van der Waals surface area contributed by atoms with Crippen LogP contribution in [0.25, 0.3) is 0 Å². The van der Waals surface area contributed by atoms with E-state index in [1.54, 1.807) is 16.8 Å². The van der Waals surface area contributed by atoms with Gasteiger partial charge in [-0.05, 0) is 80.0 Å². The smallest absolute Gasteiger partial charge is 0.253 e. The molecule has 3 atom stereocenters. The molecule has 46 heavy (non-hydrogen) atoms. The number of carbonyl (C=O) groups is 1. The van der Waals surface area contributed by atoms with Crippen molar-refractivity contribution >= 4 is 5.91 Å². The van der Waals surface area contributed by atoms with Gasteiger partial charge in [0.2, 0.25) is 0 Å². The van der Waals surface area contributed by atoms with E-state index in [2.05, 4.69) is 49.6 Å². The number of carbonyl (C=O) groups excluding carboxylic acids is 1. The summed E-state index contributed by atoms with van der Waals surface area (Å²) in [5, 5.41) is 18.6. The Morgan fingerprint density at radius 2 is 1.74 bits per heavy atom. The van der Waals surface area contributed by atoms with E-state index in [1.165, 1.54) is 24.5 Å². The molecule has 1 amide bonds. The number of benzene rings is 2. The van der Waals surface area contributed by atoms with E-state index in [9.17, 15) is 14.7 Å². The number of ether oxygens (including phenoxy) is 1. The van der Waals surface area contributed by atoms with E-state index < -0.39 is 12.1 Å². The highest BCUT2D eigenvalue weighted by Crippen LogP contribution is 2.47. The Morgan fingerprint density at radius 1 is 1.00 bits per heavy atom. The summed E-state index contributed by atoms with van der Waals surface area (Å²) in [5.41, 5.74) is 3.86. The van der Waals surface area contributed by atoms with Crippen LogP contribution in [0.1, 0.15) is 118 Å². The number of aromatic nitrogens is 1. The fourth-order valence-corrected chi connectivity index (χ4v) is 7.86. The second-order valence-corrected chi connectivity index (χ2v) is 15.2. The first kappa shape index (κ1) is 32.5. The van der Waals surface area contributed by atoms with Crippen LogP contribution in [-0.4, -0.2) is 39.9 Å². The van der Waals surface area contributed by atoms with Crippen molar-refractivity contribution < 1.29 is 14.6 Å². The average molecular weight is 626 g/mol. The van der Waals surface area contributed by atoms with Gasteiger partial charge in [0.1, 0.15) is 11.4 Å². The van der Waals surface area contributed by atoms with E-state index >= 15 is 0 Å². The van der Waals surface area contributed by atoms with Crippen LogP contribution in [0.3, 0.4) is 0 Å². The lowest BCUT2D eigenvalue weighted by atomic mass is 9.83. The summed E-state index contributed by atoms with van der Waals surface area (Å²) < 4.78 is 8.43. The van der Waals surface area contributed by atoms with Gasteiger partial charge >= 0.3 is 0 Å². The molecule has 2 heterocycles. The number of aliphatic hydroxyl groups is 1. The number of hydrogen-bond acceptors (Lipinski definition) is 5. The summed E-state index contributed by atoms with van der Waals surface area (Å²) in [6.07, 6.45) is 11.7. The fraction of sp³-hybridized carbons (Fsp3) is 0.538. The predicted octanol–water partition coefficient (Wildman–Crippen LogP) is 6.68. The largest absolute Gasteiger partial charge is 0.487 e. The Labute approximate surface area is 273 Å². The standard InChI is InChI=1S/C39H51N3O4/c1-38(2,3)23-28-15-17-35-31(21-28)33(24-39(46-35)19-9-10-20-39)40-25-34(43)32(22-27-11-5-4-6-12-27)41-37(45)29-16-18-36(44)42(26-29)30-13-7-8-14-30/h4-6,11-12,15-18,21,26,30,32-34,40,43H,7-10,13-14,19-20,22-25H2,1-3H3,(H,41,45)/t32-,33-,34+/m0/s1. The van der Waals surface area contributed by atoms with Crippen molar-refractivity contribution in [1.82, 2.24) is 15.2 Å². The lowest BCUT2D eigenvalue weighted by molar-refractivity contribution is 0.0326. The van der Waals surface area contributed by atoms with Gasteiger partial charge in [-0.1, -0.05) is 76.1 Å². The van der Waals surface area contributed by atoms with Gasteiger partial charge in [-0.2, -0.15) is 0 Å². The Kier molecular flexibility index (Phi) is 9.72. The van der Waals surface area contributed by atoms with E-state index in [-0.39, 0.29) is 34.6 Å². The molecule has 1 aromatic heterocycles. The zero-order valence-corrected chi connectivity index (χ0v) is 27.8. The van der Waals surface area contributed by atoms with Crippen molar-refractivity contribution in [3.63, 3.8) is 0 Å². The highest BCUT2D eigenvalue weighted by molar-refractivity contribution is 5.94. The molecule has 3 N–H and O–H groups in total. The van der Waals surface area contributed by atoms with Crippen molar-refractivity contribution in [1.29, 1.82) is 0 Å². The van der Waals surface area contributed by atoms with E-state index in [0.29, 0.717) is 18.5 Å². The Hall–Kier alpha value is -3.42. The zero-order valence-electron chi connectivity index (χ0n) is 27.8. The summed E-state index contributed by atoms with van der Waals surface area (Å²) in [6, 6.07) is 19.3. The number of nitrogens with one attached hydrogen (secondary N) is 2. The maximum Gasteiger partial charge on any atom is 0.253 e. The molecular weight excluding hydrogens is 574 g/mol. The molecule has 2 aliphatic carbocycles. The van der Waals surface area contributed by atoms with Crippen LogP contribution < -0.4 is 20.9 Å². The monoisotopic (exact) mass is 625 g/mol. The van der Waals surface area contributed by atoms with Gasteiger partial charge in [-0.25, -0.2) is 0 Å². The molecule has 3 aliphatic rings.